The maximum atomic E-state index is 13.6. The molecule has 2 aromatic rings. The van der Waals surface area contributed by atoms with Gasteiger partial charge in [0.05, 0.1) is 12.2 Å². The van der Waals surface area contributed by atoms with Gasteiger partial charge in [-0.15, -0.1) is 12.4 Å². The van der Waals surface area contributed by atoms with E-state index in [2.05, 4.69) is 5.10 Å². The Labute approximate surface area is 141 Å². The number of nitrogens with two attached hydrogens (primary N) is 1. The maximum absolute atomic E-state index is 13.6. The molecule has 5 nitrogen and oxygen atoms in total. The normalized spacial score (nSPS) is 12.2. The lowest BCUT2D eigenvalue weighted by Gasteiger charge is -2.20. The molecule has 10 heteroatoms. The van der Waals surface area contributed by atoms with E-state index in [1.165, 1.54) is 13.2 Å². The van der Waals surface area contributed by atoms with Crippen LogP contribution in [0.4, 0.5) is 17.6 Å². The van der Waals surface area contributed by atoms with Gasteiger partial charge < -0.3 is 10.3 Å². The summed E-state index contributed by atoms with van der Waals surface area (Å²) in [4.78, 5) is 11.4. The first kappa shape index (κ1) is 20.2. The minimum atomic E-state index is -4.64. The van der Waals surface area contributed by atoms with Crippen LogP contribution in [0.2, 0.25) is 0 Å². The molecule has 134 valence electrons. The zero-order valence-corrected chi connectivity index (χ0v) is 14.0. The third-order valence-corrected chi connectivity index (χ3v) is 3.06. The summed E-state index contributed by atoms with van der Waals surface area (Å²) in [5.41, 5.74) is 3.18. The van der Waals surface area contributed by atoms with Gasteiger partial charge in [0.25, 0.3) is 5.56 Å². The number of rotatable bonds is 3. The van der Waals surface area contributed by atoms with Crippen molar-refractivity contribution in [2.75, 3.05) is 0 Å². The summed E-state index contributed by atoms with van der Waals surface area (Å²) in [5, 5.41) is 3.53. The highest BCUT2D eigenvalue weighted by molar-refractivity contribution is 5.85. The SMILES string of the molecule is Cl.Cn1cc(-c2cc(C(F)(F)F)nn2CC(C)(C)N)cc(F)c1=O. The van der Waals surface area contributed by atoms with Crippen molar-refractivity contribution in [3.8, 4) is 11.3 Å². The molecule has 0 bridgehead atoms. The molecule has 0 saturated heterocycles. The number of aryl methyl sites for hydroxylation is 1. The molecule has 0 aromatic carbocycles. The molecule has 0 aliphatic heterocycles. The molecule has 0 amide bonds. The lowest BCUT2D eigenvalue weighted by Crippen LogP contribution is -2.37. The Morgan fingerprint density at radius 2 is 1.83 bits per heavy atom. The zero-order chi connectivity index (χ0) is 17.6. The van der Waals surface area contributed by atoms with Gasteiger partial charge in [-0.05, 0) is 26.0 Å². The van der Waals surface area contributed by atoms with Gasteiger partial charge in [0.15, 0.2) is 11.5 Å². The van der Waals surface area contributed by atoms with Crippen LogP contribution >= 0.6 is 12.4 Å². The second-order valence-electron chi connectivity index (χ2n) is 6.05. The molecule has 24 heavy (non-hydrogen) atoms. The van der Waals surface area contributed by atoms with Crippen molar-refractivity contribution < 1.29 is 17.6 Å². The maximum Gasteiger partial charge on any atom is 0.435 e. The summed E-state index contributed by atoms with van der Waals surface area (Å²) in [7, 11) is 1.31. The van der Waals surface area contributed by atoms with Crippen molar-refractivity contribution >= 4 is 12.4 Å². The lowest BCUT2D eigenvalue weighted by atomic mass is 10.1. The molecule has 0 saturated carbocycles. The third kappa shape index (κ3) is 4.35. The van der Waals surface area contributed by atoms with Gasteiger partial charge in [-0.3, -0.25) is 9.48 Å². The van der Waals surface area contributed by atoms with Gasteiger partial charge in [-0.1, -0.05) is 0 Å². The first-order valence-electron chi connectivity index (χ1n) is 6.69. The number of alkyl halides is 3. The number of hydrogen-bond donors (Lipinski definition) is 1. The van der Waals surface area contributed by atoms with E-state index in [1.54, 1.807) is 13.8 Å². The van der Waals surface area contributed by atoms with Crippen LogP contribution in [-0.4, -0.2) is 19.9 Å². The minimum absolute atomic E-state index is 0. The highest BCUT2D eigenvalue weighted by Gasteiger charge is 2.35. The summed E-state index contributed by atoms with van der Waals surface area (Å²) in [6, 6.07) is 1.70. The predicted octanol–water partition coefficient (Wildman–Crippen LogP) is 2.57. The van der Waals surface area contributed by atoms with E-state index in [4.69, 9.17) is 5.73 Å². The van der Waals surface area contributed by atoms with E-state index in [0.29, 0.717) is 0 Å². The molecule has 0 radical (unpaired) electrons. The molecule has 0 aliphatic rings. The fraction of sp³-hybridized carbons (Fsp3) is 0.429. The van der Waals surface area contributed by atoms with E-state index < -0.39 is 28.8 Å². The molecule has 2 rings (SSSR count). The molecular weight excluding hydrogens is 352 g/mol. The molecule has 2 aromatic heterocycles. The number of pyridine rings is 1. The molecule has 0 aliphatic carbocycles. The molecule has 0 spiro atoms. The van der Waals surface area contributed by atoms with Crippen molar-refractivity contribution in [2.45, 2.75) is 32.1 Å². The fourth-order valence-electron chi connectivity index (χ4n) is 2.11. The fourth-order valence-corrected chi connectivity index (χ4v) is 2.11. The zero-order valence-electron chi connectivity index (χ0n) is 13.2. The molecule has 2 N–H and O–H groups in total. The second-order valence-corrected chi connectivity index (χ2v) is 6.05. The van der Waals surface area contributed by atoms with E-state index >= 15 is 0 Å². The van der Waals surface area contributed by atoms with E-state index in [1.807, 2.05) is 0 Å². The van der Waals surface area contributed by atoms with Crippen molar-refractivity contribution in [3.63, 3.8) is 0 Å². The van der Waals surface area contributed by atoms with Gasteiger partial charge in [-0.25, -0.2) is 4.39 Å². The van der Waals surface area contributed by atoms with Gasteiger partial charge >= 0.3 is 6.18 Å². The number of aromatic nitrogens is 3. The Bertz CT molecular complexity index is 763. The highest BCUT2D eigenvalue weighted by atomic mass is 35.5. The van der Waals surface area contributed by atoms with Crippen LogP contribution in [0.15, 0.2) is 23.1 Å². The summed E-state index contributed by atoms with van der Waals surface area (Å²) in [6.45, 7) is 3.25. The minimum Gasteiger partial charge on any atom is -0.324 e. The second kappa shape index (κ2) is 6.56. The van der Waals surface area contributed by atoms with Gasteiger partial charge in [0.1, 0.15) is 0 Å². The first-order chi connectivity index (χ1) is 10.4. The molecule has 2 heterocycles. The van der Waals surface area contributed by atoms with Crippen LogP contribution in [0.25, 0.3) is 11.3 Å². The number of halogens is 5. The Hall–Kier alpha value is -1.87. The first-order valence-corrected chi connectivity index (χ1v) is 6.69. The van der Waals surface area contributed by atoms with Crippen molar-refractivity contribution in [1.82, 2.24) is 14.3 Å². The van der Waals surface area contributed by atoms with Crippen LogP contribution in [-0.2, 0) is 19.8 Å². The molecule has 0 atom stereocenters. The van der Waals surface area contributed by atoms with Gasteiger partial charge in [-0.2, -0.15) is 18.3 Å². The van der Waals surface area contributed by atoms with Crippen LogP contribution in [0.1, 0.15) is 19.5 Å². The summed E-state index contributed by atoms with van der Waals surface area (Å²) in [6.07, 6.45) is -3.39. The van der Waals surface area contributed by atoms with E-state index in [0.717, 1.165) is 21.4 Å². The van der Waals surface area contributed by atoms with E-state index in [9.17, 15) is 22.4 Å². The summed E-state index contributed by atoms with van der Waals surface area (Å²) >= 11 is 0. The van der Waals surface area contributed by atoms with Crippen LogP contribution in [0, 0.1) is 5.82 Å². The largest absolute Gasteiger partial charge is 0.435 e. The average molecular weight is 369 g/mol. The number of nitrogens with zero attached hydrogens (tertiary/aromatic N) is 3. The Balaban J connectivity index is 0.00000288. The van der Waals surface area contributed by atoms with Gasteiger partial charge in [0.2, 0.25) is 0 Å². The average Bonchev–Trinajstić information content (AvgIpc) is 2.76. The Morgan fingerprint density at radius 3 is 2.29 bits per heavy atom. The number of hydrogen-bond acceptors (Lipinski definition) is 3. The van der Waals surface area contributed by atoms with Crippen molar-refractivity contribution in [1.29, 1.82) is 0 Å². The smallest absolute Gasteiger partial charge is 0.324 e. The summed E-state index contributed by atoms with van der Waals surface area (Å²) < 4.78 is 54.4. The monoisotopic (exact) mass is 368 g/mol. The Kier molecular flexibility index (Phi) is 5.51. The standard InChI is InChI=1S/C14H16F4N4O.ClH/c1-13(2,19)7-22-10(5-11(20-22)14(16,17)18)8-4-9(15)12(23)21(3)6-8;/h4-6H,7,19H2,1-3H3;1H. The quantitative estimate of drug-likeness (QED) is 0.847. The summed E-state index contributed by atoms with van der Waals surface area (Å²) in [5.74, 6) is -1.06. The highest BCUT2D eigenvalue weighted by Crippen LogP contribution is 2.32. The molecule has 0 fully saturated rings. The molecule has 0 unspecified atom stereocenters. The van der Waals surface area contributed by atoms with Crippen molar-refractivity contribution in [2.24, 2.45) is 12.8 Å². The van der Waals surface area contributed by atoms with Crippen LogP contribution < -0.4 is 11.3 Å². The predicted molar refractivity (Wildman–Crippen MR) is 83.4 cm³/mol. The molecular formula is C14H17ClF4N4O. The topological polar surface area (TPSA) is 65.8 Å². The van der Waals surface area contributed by atoms with E-state index in [-0.39, 0.29) is 30.2 Å². The van der Waals surface area contributed by atoms with Gasteiger partial charge in [0, 0.05) is 24.3 Å². The van der Waals surface area contributed by atoms with Crippen LogP contribution in [0.5, 0.6) is 0 Å². The van der Waals surface area contributed by atoms with Crippen molar-refractivity contribution in [3.05, 3.63) is 40.2 Å². The van der Waals surface area contributed by atoms with Crippen LogP contribution in [0.3, 0.4) is 0 Å². The Morgan fingerprint density at radius 1 is 1.25 bits per heavy atom. The lowest BCUT2D eigenvalue weighted by molar-refractivity contribution is -0.141. The third-order valence-electron chi connectivity index (χ3n) is 3.06.